The van der Waals surface area contributed by atoms with Crippen LogP contribution < -0.4 is 5.73 Å². The van der Waals surface area contributed by atoms with Crippen LogP contribution in [0.1, 0.15) is 38.8 Å². The fourth-order valence-electron chi connectivity index (χ4n) is 1.70. The van der Waals surface area contributed by atoms with Gasteiger partial charge in [0.25, 0.3) is 0 Å². The van der Waals surface area contributed by atoms with E-state index in [9.17, 15) is 17.6 Å². The largest absolute Gasteiger partial charge is 0 e. The molecule has 0 fully saturated rings. The van der Waals surface area contributed by atoms with Gasteiger partial charge in [-0.1, -0.05) is 46.1 Å². The van der Waals surface area contributed by atoms with Gasteiger partial charge in [-0.05, 0) is 0 Å². The van der Waals surface area contributed by atoms with Gasteiger partial charge in [0.15, 0.2) is 0 Å². The van der Waals surface area contributed by atoms with Gasteiger partial charge in [-0.25, -0.2) is 0 Å². The maximum absolute atomic E-state index is 11.9. The monoisotopic (exact) mass is 1070 g/mol. The van der Waals surface area contributed by atoms with Crippen LogP contribution >= 0.6 is 23.5 Å². The minimum absolute atomic E-state index is 0. The second kappa shape index (κ2) is 33.6. The van der Waals surface area contributed by atoms with Crippen LogP contribution in [0.5, 0.6) is 0 Å². The zero-order chi connectivity index (χ0) is 25.1. The summed E-state index contributed by atoms with van der Waals surface area (Å²) >= 11 is 4.18. The Hall–Kier alpha value is 2.41. The van der Waals surface area contributed by atoms with Crippen LogP contribution in [-0.4, -0.2) is 16.0 Å². The van der Waals surface area contributed by atoms with Crippen LogP contribution in [0.15, 0.2) is 39.0 Å². The Labute approximate surface area is 310 Å². The molecule has 0 aliphatic heterocycles. The van der Waals surface area contributed by atoms with Crippen LogP contribution in [0.25, 0.3) is 0 Å². The first-order valence-corrected chi connectivity index (χ1v) is 12.4. The van der Waals surface area contributed by atoms with Crippen molar-refractivity contribution in [2.24, 2.45) is 4.99 Å². The molecule has 0 unspecified atom stereocenters. The summed E-state index contributed by atoms with van der Waals surface area (Å²) in [6.45, 7) is 11.7. The Balaban J connectivity index is -0.000000100. The zero-order valence-corrected chi connectivity index (χ0v) is 35.6. The number of benzene rings is 2. The van der Waals surface area contributed by atoms with Crippen molar-refractivity contribution in [1.82, 2.24) is 0 Å². The SMILES string of the molecule is CC.CC.Cc1c[c-]c(SC[C-](F)F)cc1N.Cc1c[c-]c(SC[C-](F)F)cc1N=[C]=[V].[W].[W].[Y].[Y]. The fourth-order valence-corrected chi connectivity index (χ4v) is 3.09. The number of aliphatic imine (C=N–C) groups is 1. The van der Waals surface area contributed by atoms with E-state index in [4.69, 9.17) is 5.73 Å². The molecule has 2 nitrogen and oxygen atoms in total. The Morgan fingerprint density at radius 1 is 0.861 bits per heavy atom. The van der Waals surface area contributed by atoms with Gasteiger partial charge >= 0.3 is 100 Å². The summed E-state index contributed by atoms with van der Waals surface area (Å²) in [6.07, 6.45) is -3.17. The van der Waals surface area contributed by atoms with Crippen molar-refractivity contribution in [3.05, 3.63) is 60.4 Å². The van der Waals surface area contributed by atoms with E-state index in [0.717, 1.165) is 40.3 Å². The predicted molar refractivity (Wildman–Crippen MR) is 127 cm³/mol. The van der Waals surface area contributed by atoms with E-state index in [1.807, 2.05) is 41.5 Å². The second-order valence-corrected chi connectivity index (χ2v) is 7.61. The number of anilines is 1. The van der Waals surface area contributed by atoms with Gasteiger partial charge in [-0.3, -0.25) is 0 Å². The number of aryl methyl sites for hydroxylation is 2. The van der Waals surface area contributed by atoms with E-state index in [2.05, 4.69) is 38.6 Å². The van der Waals surface area contributed by atoms with E-state index in [-0.39, 0.29) is 119 Å². The number of nitrogens with zero attached hydrogens (tertiary/aromatic N) is 1. The summed E-state index contributed by atoms with van der Waals surface area (Å²) in [5, 5.41) is 0. The standard InChI is InChI=1S/C10H7F2NS.C9H9F2NS.2C2H6.V.2W.2Y/c1-7-3-4-8(5-9(7)13-2)14-6-10(11)12;1-6-2-3-7(4-8(6)12)13-5-9(10)11;2*1-2;;;;;/h3,5H,6H2,1H3;2,4H,5,12H2,1H3;2*1-2H3;;;;;/q2*-2;;;;;;;. The van der Waals surface area contributed by atoms with E-state index in [1.165, 1.54) is 0 Å². The zero-order valence-electron chi connectivity index (χ0n) is 21.0. The van der Waals surface area contributed by atoms with Gasteiger partial charge in [0.05, 0.1) is 0 Å². The predicted octanol–water partition coefficient (Wildman–Crippen LogP) is 8.34. The van der Waals surface area contributed by atoms with Crippen molar-refractivity contribution < 1.29 is 142 Å². The molecular weight excluding hydrogens is 1040 g/mol. The molecule has 0 atom stereocenters. The summed E-state index contributed by atoms with van der Waals surface area (Å²) in [5.41, 5.74) is 8.80. The molecule has 36 heavy (non-hydrogen) atoms. The van der Waals surface area contributed by atoms with Gasteiger partial charge in [0, 0.05) is 114 Å². The third-order valence-corrected chi connectivity index (χ3v) is 5.09. The van der Waals surface area contributed by atoms with Crippen molar-refractivity contribution in [1.29, 1.82) is 0 Å². The third-order valence-electron chi connectivity index (χ3n) is 3.12. The van der Waals surface area contributed by atoms with Crippen LogP contribution in [0.4, 0.5) is 28.9 Å². The summed E-state index contributed by atoms with van der Waals surface area (Å²) in [4.78, 5) is 5.30. The van der Waals surface area contributed by atoms with Crippen molar-refractivity contribution >= 4 is 39.4 Å². The van der Waals surface area contributed by atoms with Crippen molar-refractivity contribution in [3.63, 3.8) is 0 Å². The molecule has 2 aromatic carbocycles. The van der Waals surface area contributed by atoms with Gasteiger partial charge < -0.3 is 14.5 Å². The maximum atomic E-state index is 11.9. The molecule has 0 heterocycles. The molecule has 0 saturated carbocycles. The molecule has 197 valence electrons. The third kappa shape index (κ3) is 26.6. The molecule has 2 N–H and O–H groups in total. The summed E-state index contributed by atoms with van der Waals surface area (Å²) in [7, 11) is 0. The Morgan fingerprint density at radius 3 is 1.61 bits per heavy atom. The number of rotatable bonds is 7. The first kappa shape index (κ1) is 51.2. The Kier molecular flexibility index (Phi) is 47.8. The smallest absolute Gasteiger partial charge is 0 e. The molecular formula is C23H28F4N2S2VW2Y2-4. The van der Waals surface area contributed by atoms with E-state index < -0.39 is 12.9 Å². The van der Waals surface area contributed by atoms with Gasteiger partial charge in [-0.15, -0.1) is 16.5 Å². The summed E-state index contributed by atoms with van der Waals surface area (Å²) in [5.74, 6) is -0.590. The molecule has 2 radical (unpaired) electrons. The van der Waals surface area contributed by atoms with Gasteiger partial charge in [0.2, 0.25) is 0 Å². The van der Waals surface area contributed by atoms with E-state index in [0.29, 0.717) is 15.5 Å². The molecule has 0 spiro atoms. The molecule has 2 aromatic rings. The van der Waals surface area contributed by atoms with E-state index in [1.54, 1.807) is 24.3 Å². The molecule has 0 bridgehead atoms. The minimum Gasteiger partial charge on any atom is 0 e. The van der Waals surface area contributed by atoms with Crippen molar-refractivity contribution in [3.8, 4) is 0 Å². The second-order valence-electron chi connectivity index (χ2n) is 5.27. The van der Waals surface area contributed by atoms with Crippen LogP contribution in [0.3, 0.4) is 0 Å². The van der Waals surface area contributed by atoms with E-state index >= 15 is 0 Å². The number of thioether (sulfide) groups is 2. The first-order chi connectivity index (χ1) is 15.2. The molecule has 2 rings (SSSR count). The van der Waals surface area contributed by atoms with Crippen LogP contribution in [0.2, 0.25) is 0 Å². The average molecular weight is 1070 g/mol. The van der Waals surface area contributed by atoms with Gasteiger partial charge in [-0.2, -0.15) is 23.9 Å². The quantitative estimate of drug-likeness (QED) is 0.0998. The topological polar surface area (TPSA) is 38.4 Å². The van der Waals surface area contributed by atoms with Gasteiger partial charge in [0.1, 0.15) is 0 Å². The molecule has 0 saturated heterocycles. The number of hydrogen-bond donors (Lipinski definition) is 1. The number of nitrogen functional groups attached to an aromatic ring is 1. The maximum Gasteiger partial charge on any atom is 0 e. The molecule has 13 heteroatoms. The Bertz CT molecular complexity index is 837. The number of nitrogens with two attached hydrogens (primary N) is 1. The molecule has 0 amide bonds. The van der Waals surface area contributed by atoms with Crippen LogP contribution in [-0.2, 0) is 125 Å². The number of halogens is 4. The summed E-state index contributed by atoms with van der Waals surface area (Å²) < 4.78 is 49.9. The van der Waals surface area contributed by atoms with Crippen LogP contribution in [0, 0.1) is 38.8 Å². The molecule has 0 aromatic heterocycles. The minimum atomic E-state index is -1.59. The van der Waals surface area contributed by atoms with Crippen molar-refractivity contribution in [2.75, 3.05) is 17.2 Å². The Morgan fingerprint density at radius 2 is 1.25 bits per heavy atom. The fraction of sp³-hybridized carbons (Fsp3) is 0.348. The molecule has 0 aliphatic carbocycles. The first-order valence-electron chi connectivity index (χ1n) is 9.72. The number of hydrogen-bond acceptors (Lipinski definition) is 4. The normalized spacial score (nSPS) is 8.42. The average Bonchev–Trinajstić information content (AvgIpc) is 2.78. The van der Waals surface area contributed by atoms with Crippen molar-refractivity contribution in [2.45, 2.75) is 51.3 Å². The summed E-state index contributed by atoms with van der Waals surface area (Å²) in [6, 6.07) is 12.6. The molecule has 0 aliphatic rings.